The molecule has 0 aromatic heterocycles. The number of hydrogen-bond acceptors (Lipinski definition) is 4. The van der Waals surface area contributed by atoms with Crippen molar-refractivity contribution in [2.45, 2.75) is 142 Å². The molecule has 1 fully saturated rings. The van der Waals surface area contributed by atoms with Gasteiger partial charge in [-0.3, -0.25) is 0 Å². The van der Waals surface area contributed by atoms with Gasteiger partial charge in [0.05, 0.1) is 11.1 Å². The van der Waals surface area contributed by atoms with E-state index in [0.717, 1.165) is 38.0 Å². The van der Waals surface area contributed by atoms with Crippen LogP contribution in [0.15, 0.2) is 72.8 Å². The summed E-state index contributed by atoms with van der Waals surface area (Å²) in [4.78, 5) is 26.1. The molecular formula is C43H58O4. The average molecular weight is 639 g/mol. The molecule has 3 aromatic rings. The van der Waals surface area contributed by atoms with Crippen molar-refractivity contribution in [3.05, 3.63) is 101 Å². The first-order chi connectivity index (χ1) is 22.4. The van der Waals surface area contributed by atoms with Crippen molar-refractivity contribution >= 4 is 11.9 Å². The predicted octanol–water partition coefficient (Wildman–Crippen LogP) is 11.8. The minimum absolute atomic E-state index is 0.0750. The minimum Gasteiger partial charge on any atom is -0.456 e. The summed E-state index contributed by atoms with van der Waals surface area (Å²) in [6.45, 7) is 15.3. The molecule has 0 atom stereocenters. The third kappa shape index (κ3) is 9.58. The zero-order valence-electron chi connectivity index (χ0n) is 30.1. The van der Waals surface area contributed by atoms with E-state index in [0.29, 0.717) is 16.9 Å². The first kappa shape index (κ1) is 36.4. The number of hydrogen-bond donors (Lipinski definition) is 0. The lowest BCUT2D eigenvalue weighted by atomic mass is 9.65. The van der Waals surface area contributed by atoms with Gasteiger partial charge in [-0.2, -0.15) is 0 Å². The molecule has 4 nitrogen and oxygen atoms in total. The highest BCUT2D eigenvalue weighted by atomic mass is 16.6. The molecule has 0 unspecified atom stereocenters. The number of unbranched alkanes of at least 4 members (excludes halogenated alkanes) is 2. The lowest BCUT2D eigenvalue weighted by molar-refractivity contribution is -0.00533. The van der Waals surface area contributed by atoms with Crippen molar-refractivity contribution < 1.29 is 19.1 Å². The molecule has 0 heterocycles. The first-order valence-electron chi connectivity index (χ1n) is 18.2. The van der Waals surface area contributed by atoms with Gasteiger partial charge in [-0.15, -0.1) is 0 Å². The molecule has 0 aliphatic heterocycles. The van der Waals surface area contributed by atoms with E-state index in [1.54, 1.807) is 24.3 Å². The summed E-state index contributed by atoms with van der Waals surface area (Å²) in [5.74, 6) is 0.342. The van der Waals surface area contributed by atoms with Gasteiger partial charge in [-0.25, -0.2) is 9.59 Å². The number of carbonyl (C=O) groups excluding carboxylic acids is 2. The van der Waals surface area contributed by atoms with Crippen molar-refractivity contribution in [2.24, 2.45) is 5.92 Å². The van der Waals surface area contributed by atoms with E-state index in [1.807, 2.05) is 26.0 Å². The Kier molecular flexibility index (Phi) is 12.5. The van der Waals surface area contributed by atoms with Crippen LogP contribution in [0, 0.1) is 5.92 Å². The third-order valence-corrected chi connectivity index (χ3v) is 10.4. The van der Waals surface area contributed by atoms with Gasteiger partial charge in [0.2, 0.25) is 0 Å². The van der Waals surface area contributed by atoms with Crippen LogP contribution in [0.25, 0.3) is 0 Å². The molecule has 0 N–H and O–H groups in total. The SMILES string of the molecule is CCCCC(C)(C)OC(=O)c1cccc(C(=O)Oc2ccc(C3(c4ccc(C(C)(C)CCCC)cc4)CCCC(C)CCC3)cc2)c1. The van der Waals surface area contributed by atoms with E-state index < -0.39 is 17.5 Å². The van der Waals surface area contributed by atoms with Gasteiger partial charge in [-0.1, -0.05) is 122 Å². The van der Waals surface area contributed by atoms with Crippen LogP contribution in [-0.2, 0) is 15.6 Å². The summed E-state index contributed by atoms with van der Waals surface area (Å²) in [5.41, 5.74) is 4.26. The van der Waals surface area contributed by atoms with Gasteiger partial charge in [-0.05, 0) is 104 Å². The fourth-order valence-electron chi connectivity index (χ4n) is 7.27. The quantitative estimate of drug-likeness (QED) is 0.138. The van der Waals surface area contributed by atoms with E-state index in [1.165, 1.54) is 61.6 Å². The van der Waals surface area contributed by atoms with E-state index in [2.05, 4.69) is 71.0 Å². The lowest BCUT2D eigenvalue weighted by Gasteiger charge is -2.38. The van der Waals surface area contributed by atoms with Crippen molar-refractivity contribution in [1.29, 1.82) is 0 Å². The summed E-state index contributed by atoms with van der Waals surface area (Å²) in [6.07, 6.45) is 13.5. The van der Waals surface area contributed by atoms with Gasteiger partial charge in [0.25, 0.3) is 0 Å². The van der Waals surface area contributed by atoms with Crippen LogP contribution in [-0.4, -0.2) is 17.5 Å². The van der Waals surface area contributed by atoms with Gasteiger partial charge in [0, 0.05) is 5.41 Å². The molecule has 0 spiro atoms. The third-order valence-electron chi connectivity index (χ3n) is 10.4. The van der Waals surface area contributed by atoms with Gasteiger partial charge in [0.1, 0.15) is 11.4 Å². The Hall–Kier alpha value is -3.40. The second-order valence-electron chi connectivity index (χ2n) is 15.3. The fraction of sp³-hybridized carbons (Fsp3) is 0.535. The Morgan fingerprint density at radius 3 is 1.85 bits per heavy atom. The molecule has 4 rings (SSSR count). The fourth-order valence-corrected chi connectivity index (χ4v) is 7.27. The van der Waals surface area contributed by atoms with Crippen LogP contribution >= 0.6 is 0 Å². The Labute approximate surface area is 284 Å². The Bertz CT molecular complexity index is 1440. The van der Waals surface area contributed by atoms with Crippen LogP contribution in [0.2, 0.25) is 0 Å². The van der Waals surface area contributed by atoms with Crippen molar-refractivity contribution in [3.63, 3.8) is 0 Å². The zero-order valence-corrected chi connectivity index (χ0v) is 30.1. The van der Waals surface area contributed by atoms with E-state index in [-0.39, 0.29) is 10.8 Å². The normalized spacial score (nSPS) is 19.0. The number of carbonyl (C=O) groups is 2. The van der Waals surface area contributed by atoms with E-state index >= 15 is 0 Å². The lowest BCUT2D eigenvalue weighted by Crippen LogP contribution is -2.30. The Morgan fingerprint density at radius 2 is 1.28 bits per heavy atom. The average Bonchev–Trinajstić information content (AvgIpc) is 3.05. The highest BCUT2D eigenvalue weighted by molar-refractivity contribution is 5.96. The molecule has 1 aliphatic carbocycles. The maximum absolute atomic E-state index is 13.2. The maximum atomic E-state index is 13.2. The van der Waals surface area contributed by atoms with Crippen molar-refractivity contribution in [3.8, 4) is 5.75 Å². The first-order valence-corrected chi connectivity index (χ1v) is 18.2. The predicted molar refractivity (Wildman–Crippen MR) is 194 cm³/mol. The van der Waals surface area contributed by atoms with E-state index in [9.17, 15) is 9.59 Å². The monoisotopic (exact) mass is 638 g/mol. The summed E-state index contributed by atoms with van der Waals surface area (Å²) < 4.78 is 11.6. The highest BCUT2D eigenvalue weighted by Crippen LogP contribution is 2.45. The van der Waals surface area contributed by atoms with Crippen molar-refractivity contribution in [2.75, 3.05) is 0 Å². The van der Waals surface area contributed by atoms with E-state index in [4.69, 9.17) is 9.47 Å². The van der Waals surface area contributed by atoms with Crippen LogP contribution < -0.4 is 4.74 Å². The highest BCUT2D eigenvalue weighted by Gasteiger charge is 2.35. The smallest absolute Gasteiger partial charge is 0.343 e. The molecule has 1 saturated carbocycles. The molecule has 254 valence electrons. The molecule has 47 heavy (non-hydrogen) atoms. The number of ether oxygens (including phenoxy) is 2. The molecular weight excluding hydrogens is 580 g/mol. The van der Waals surface area contributed by atoms with Crippen LogP contribution in [0.3, 0.4) is 0 Å². The molecule has 0 bridgehead atoms. The van der Waals surface area contributed by atoms with Gasteiger partial charge < -0.3 is 9.47 Å². The second-order valence-corrected chi connectivity index (χ2v) is 15.3. The maximum Gasteiger partial charge on any atom is 0.343 e. The van der Waals surface area contributed by atoms with Gasteiger partial charge in [0.15, 0.2) is 0 Å². The largest absolute Gasteiger partial charge is 0.456 e. The van der Waals surface area contributed by atoms with Gasteiger partial charge >= 0.3 is 11.9 Å². The molecule has 0 saturated heterocycles. The topological polar surface area (TPSA) is 52.6 Å². The summed E-state index contributed by atoms with van der Waals surface area (Å²) >= 11 is 0. The Balaban J connectivity index is 1.54. The summed E-state index contributed by atoms with van der Waals surface area (Å²) in [7, 11) is 0. The number of benzene rings is 3. The molecule has 4 heteroatoms. The van der Waals surface area contributed by atoms with Crippen LogP contribution in [0.4, 0.5) is 0 Å². The minimum atomic E-state index is -0.565. The number of esters is 2. The standard InChI is InChI=1S/C43H58O4/c1-8-10-27-41(4,5)35-19-21-36(22-20-35)43(29-13-15-32(3)16-14-30-43)37-23-25-38(26-24-37)46-39(44)33-17-12-18-34(31-33)40(45)47-42(6,7)28-11-9-2/h12,17-26,31-32H,8-11,13-16,27-30H2,1-7H3. The number of rotatable bonds is 13. The zero-order chi connectivity index (χ0) is 34.1. The molecule has 0 radical (unpaired) electrons. The van der Waals surface area contributed by atoms with Crippen molar-refractivity contribution in [1.82, 2.24) is 0 Å². The molecule has 3 aromatic carbocycles. The molecule has 1 aliphatic rings. The summed E-state index contributed by atoms with van der Waals surface area (Å²) in [6, 6.07) is 24.2. The van der Waals surface area contributed by atoms with Crippen LogP contribution in [0.1, 0.15) is 163 Å². The molecule has 0 amide bonds. The summed E-state index contributed by atoms with van der Waals surface area (Å²) in [5, 5.41) is 0. The second kappa shape index (κ2) is 16.1. The Morgan fingerprint density at radius 1 is 0.745 bits per heavy atom. The van der Waals surface area contributed by atoms with Crippen LogP contribution in [0.5, 0.6) is 5.75 Å².